The Morgan fingerprint density at radius 3 is 2.59 bits per heavy atom. The molecule has 0 aromatic carbocycles. The quantitative estimate of drug-likeness (QED) is 0.519. The fourth-order valence-corrected chi connectivity index (χ4v) is 4.15. The van der Waals surface area contributed by atoms with Crippen molar-refractivity contribution in [2.24, 2.45) is 7.05 Å². The van der Waals surface area contributed by atoms with Gasteiger partial charge in [-0.15, -0.1) is 0 Å². The molecule has 1 atom stereocenters. The van der Waals surface area contributed by atoms with Crippen molar-refractivity contribution in [2.45, 2.75) is 42.3 Å². The maximum atomic E-state index is 12.6. The van der Waals surface area contributed by atoms with Gasteiger partial charge in [0.1, 0.15) is 16.5 Å². The zero-order chi connectivity index (χ0) is 21.3. The van der Waals surface area contributed by atoms with Gasteiger partial charge in [-0.1, -0.05) is 6.92 Å². The molecule has 0 saturated heterocycles. The van der Waals surface area contributed by atoms with Gasteiger partial charge in [0.15, 0.2) is 5.82 Å². The smallest absolute Gasteiger partial charge is 0.447 e. The summed E-state index contributed by atoms with van der Waals surface area (Å²) in [6.45, 7) is 5.54. The van der Waals surface area contributed by atoms with E-state index in [0.29, 0.717) is 38.9 Å². The number of fused-ring (bicyclic) bond motifs is 1. The number of aryl methyl sites for hydroxylation is 1. The summed E-state index contributed by atoms with van der Waals surface area (Å²) in [5, 5.41) is -0.194. The molecule has 11 heteroatoms. The molecule has 6 nitrogen and oxygen atoms in total. The molecule has 0 bridgehead atoms. The van der Waals surface area contributed by atoms with Crippen LogP contribution in [0, 0.1) is 0 Å². The summed E-state index contributed by atoms with van der Waals surface area (Å²) in [4.78, 5) is 13.2. The fraction of sp³-hybridized carbons (Fsp3) is 0.389. The lowest BCUT2D eigenvalue weighted by Gasteiger charge is -2.13. The highest BCUT2D eigenvalue weighted by Crippen LogP contribution is 2.37. The molecule has 0 aliphatic rings. The van der Waals surface area contributed by atoms with E-state index in [1.165, 1.54) is 18.5 Å². The van der Waals surface area contributed by atoms with E-state index in [9.17, 15) is 17.4 Å². The minimum atomic E-state index is -4.43. The van der Waals surface area contributed by atoms with Gasteiger partial charge in [-0.2, -0.15) is 13.2 Å². The molecule has 0 spiro atoms. The Balaban J connectivity index is 2.11. The predicted molar refractivity (Wildman–Crippen MR) is 106 cm³/mol. The maximum Gasteiger partial charge on any atom is 0.447 e. The molecule has 0 radical (unpaired) electrons. The van der Waals surface area contributed by atoms with Crippen molar-refractivity contribution in [3.8, 4) is 17.3 Å². The summed E-state index contributed by atoms with van der Waals surface area (Å²) in [6, 6.07) is 2.95. The normalized spacial score (nSPS) is 13.2. The van der Waals surface area contributed by atoms with Crippen LogP contribution in [0.15, 0.2) is 34.4 Å². The zero-order valence-electron chi connectivity index (χ0n) is 16.1. The molecule has 3 rings (SSSR count). The Hall–Kier alpha value is -2.14. The maximum absolute atomic E-state index is 12.6. The first-order chi connectivity index (χ1) is 13.6. The van der Waals surface area contributed by atoms with E-state index in [4.69, 9.17) is 4.74 Å². The number of alkyl halides is 3. The SMILES string of the molecule is CCS(=O)c1cc(OC(C)C)cnc1-c1nc2cc(SC(F)(F)F)ncc2n1C. The van der Waals surface area contributed by atoms with Gasteiger partial charge in [0.2, 0.25) is 0 Å². The number of hydrogen-bond acceptors (Lipinski definition) is 6. The van der Waals surface area contributed by atoms with Crippen LogP contribution >= 0.6 is 11.8 Å². The van der Waals surface area contributed by atoms with Gasteiger partial charge >= 0.3 is 5.51 Å². The third-order valence-corrected chi connectivity index (χ3v) is 5.87. The molecule has 0 aliphatic heterocycles. The monoisotopic (exact) mass is 444 g/mol. The average molecular weight is 445 g/mol. The second-order valence-electron chi connectivity index (χ2n) is 6.37. The molecule has 1 unspecified atom stereocenters. The Morgan fingerprint density at radius 2 is 1.97 bits per heavy atom. The number of hydrogen-bond donors (Lipinski definition) is 0. The minimum absolute atomic E-state index is 0.0723. The Morgan fingerprint density at radius 1 is 1.24 bits per heavy atom. The van der Waals surface area contributed by atoms with Gasteiger partial charge < -0.3 is 9.30 Å². The molecule has 0 amide bonds. The van der Waals surface area contributed by atoms with E-state index in [-0.39, 0.29) is 22.9 Å². The Kier molecular flexibility index (Phi) is 6.18. The van der Waals surface area contributed by atoms with Crippen molar-refractivity contribution in [3.05, 3.63) is 24.5 Å². The lowest BCUT2D eigenvalue weighted by molar-refractivity contribution is -0.0329. The topological polar surface area (TPSA) is 69.9 Å². The summed E-state index contributed by atoms with van der Waals surface area (Å²) in [5.41, 5.74) is -3.15. The fourth-order valence-electron chi connectivity index (χ4n) is 2.72. The van der Waals surface area contributed by atoms with Gasteiger partial charge in [-0.3, -0.25) is 4.21 Å². The standard InChI is InChI=1S/C18H19F3N4O2S2/c1-5-29(26)14-6-11(27-10(2)3)8-23-16(14)17-24-12-7-15(28-18(19,20)21)22-9-13(12)25(17)4/h6-10H,5H2,1-4H3. The first-order valence-electron chi connectivity index (χ1n) is 8.72. The predicted octanol–water partition coefficient (Wildman–Crippen LogP) is 4.56. The van der Waals surface area contributed by atoms with E-state index >= 15 is 0 Å². The number of ether oxygens (including phenoxy) is 1. The molecule has 3 aromatic heterocycles. The number of pyridine rings is 2. The lowest BCUT2D eigenvalue weighted by Crippen LogP contribution is -2.08. The molecule has 29 heavy (non-hydrogen) atoms. The van der Waals surface area contributed by atoms with Crippen molar-refractivity contribution in [1.82, 2.24) is 19.5 Å². The number of rotatable bonds is 6. The molecule has 0 N–H and O–H groups in total. The van der Waals surface area contributed by atoms with Crippen LogP contribution in [-0.4, -0.2) is 41.1 Å². The molecular formula is C18H19F3N4O2S2. The summed E-state index contributed by atoms with van der Waals surface area (Å²) in [6.07, 6.45) is 2.79. The minimum Gasteiger partial charge on any atom is -0.489 e. The number of halogens is 3. The van der Waals surface area contributed by atoms with Gasteiger partial charge in [-0.05, 0) is 19.9 Å². The number of nitrogens with zero attached hydrogens (tertiary/aromatic N) is 4. The zero-order valence-corrected chi connectivity index (χ0v) is 17.8. The van der Waals surface area contributed by atoms with Crippen LogP contribution in [0.4, 0.5) is 13.2 Å². The van der Waals surface area contributed by atoms with Gasteiger partial charge in [0.05, 0.1) is 45.2 Å². The highest BCUT2D eigenvalue weighted by Gasteiger charge is 2.30. The second-order valence-corrected chi connectivity index (χ2v) is 9.17. The summed E-state index contributed by atoms with van der Waals surface area (Å²) < 4.78 is 57.9. The van der Waals surface area contributed by atoms with Crippen LogP contribution in [0.3, 0.4) is 0 Å². The molecule has 3 heterocycles. The lowest BCUT2D eigenvalue weighted by atomic mass is 10.3. The van der Waals surface area contributed by atoms with Crippen molar-refractivity contribution in [1.29, 1.82) is 0 Å². The number of aromatic nitrogens is 4. The molecule has 3 aromatic rings. The summed E-state index contributed by atoms with van der Waals surface area (Å²) >= 11 is -0.295. The first-order valence-corrected chi connectivity index (χ1v) is 10.9. The molecular weight excluding hydrogens is 425 g/mol. The molecule has 0 fully saturated rings. The van der Waals surface area contributed by atoms with E-state index in [0.717, 1.165) is 0 Å². The van der Waals surface area contributed by atoms with Crippen LogP contribution in [0.25, 0.3) is 22.6 Å². The van der Waals surface area contributed by atoms with Crippen molar-refractivity contribution >= 4 is 33.6 Å². The van der Waals surface area contributed by atoms with Gasteiger partial charge in [-0.25, -0.2) is 15.0 Å². The third-order valence-electron chi connectivity index (χ3n) is 3.88. The summed E-state index contributed by atoms with van der Waals surface area (Å²) in [5.74, 6) is 1.26. The molecule has 156 valence electrons. The van der Waals surface area contributed by atoms with E-state index < -0.39 is 16.3 Å². The number of thioether (sulfide) groups is 1. The van der Waals surface area contributed by atoms with Crippen molar-refractivity contribution < 1.29 is 22.1 Å². The third kappa shape index (κ3) is 4.89. The van der Waals surface area contributed by atoms with E-state index in [2.05, 4.69) is 15.0 Å². The first kappa shape index (κ1) is 21.6. The van der Waals surface area contributed by atoms with Crippen molar-refractivity contribution in [2.75, 3.05) is 5.75 Å². The van der Waals surface area contributed by atoms with Crippen LogP contribution in [-0.2, 0) is 17.8 Å². The van der Waals surface area contributed by atoms with Crippen molar-refractivity contribution in [3.63, 3.8) is 0 Å². The van der Waals surface area contributed by atoms with Crippen LogP contribution in [0.2, 0.25) is 0 Å². The van der Waals surface area contributed by atoms with Crippen LogP contribution < -0.4 is 4.74 Å². The average Bonchev–Trinajstić information content (AvgIpc) is 2.95. The number of imidazole rings is 1. The summed E-state index contributed by atoms with van der Waals surface area (Å²) in [7, 11) is 0.371. The molecule has 0 aliphatic carbocycles. The second kappa shape index (κ2) is 8.31. The van der Waals surface area contributed by atoms with Crippen LogP contribution in [0.1, 0.15) is 20.8 Å². The van der Waals surface area contributed by atoms with E-state index in [1.807, 2.05) is 13.8 Å². The van der Waals surface area contributed by atoms with Gasteiger partial charge in [0, 0.05) is 30.6 Å². The Bertz CT molecular complexity index is 1070. The highest BCUT2D eigenvalue weighted by molar-refractivity contribution is 8.00. The van der Waals surface area contributed by atoms with E-state index in [1.54, 1.807) is 24.6 Å². The Labute approximate surface area is 172 Å². The highest BCUT2D eigenvalue weighted by atomic mass is 32.2. The van der Waals surface area contributed by atoms with Crippen LogP contribution in [0.5, 0.6) is 5.75 Å². The molecule has 0 saturated carbocycles. The largest absolute Gasteiger partial charge is 0.489 e. The van der Waals surface area contributed by atoms with Gasteiger partial charge in [0.25, 0.3) is 0 Å².